The second-order valence-electron chi connectivity index (χ2n) is 5.63. The SMILES string of the molecule is O=C(NCC(c1ccccc1)N1CCOCC1)c1cccnc1F. The number of rotatable bonds is 5. The largest absolute Gasteiger partial charge is 0.379 e. The first-order chi connectivity index (χ1) is 11.8. The summed E-state index contributed by atoms with van der Waals surface area (Å²) in [6, 6.07) is 13.0. The van der Waals surface area contributed by atoms with Gasteiger partial charge in [0.15, 0.2) is 0 Å². The molecule has 0 radical (unpaired) electrons. The molecule has 0 bridgehead atoms. The lowest BCUT2D eigenvalue weighted by Gasteiger charge is -2.34. The van der Waals surface area contributed by atoms with Gasteiger partial charge in [-0.3, -0.25) is 9.69 Å². The number of pyridine rings is 1. The van der Waals surface area contributed by atoms with Crippen LogP contribution in [0.4, 0.5) is 4.39 Å². The molecule has 1 N–H and O–H groups in total. The first kappa shape index (κ1) is 16.5. The predicted molar refractivity (Wildman–Crippen MR) is 88.1 cm³/mol. The molecule has 1 atom stereocenters. The number of amides is 1. The van der Waals surface area contributed by atoms with E-state index in [1.54, 1.807) is 6.07 Å². The summed E-state index contributed by atoms with van der Waals surface area (Å²) >= 11 is 0. The van der Waals surface area contributed by atoms with Gasteiger partial charge in [0.05, 0.1) is 24.8 Å². The van der Waals surface area contributed by atoms with Gasteiger partial charge in [-0.25, -0.2) is 4.98 Å². The molecular formula is C18H20FN3O2. The molecule has 1 aliphatic heterocycles. The smallest absolute Gasteiger partial charge is 0.255 e. The Hall–Kier alpha value is -2.31. The number of hydrogen-bond acceptors (Lipinski definition) is 4. The van der Waals surface area contributed by atoms with Crippen molar-refractivity contribution in [3.05, 3.63) is 65.7 Å². The van der Waals surface area contributed by atoms with E-state index in [4.69, 9.17) is 4.74 Å². The summed E-state index contributed by atoms with van der Waals surface area (Å²) < 4.78 is 19.1. The number of carbonyl (C=O) groups excluding carboxylic acids is 1. The van der Waals surface area contributed by atoms with Crippen LogP contribution in [0.15, 0.2) is 48.7 Å². The van der Waals surface area contributed by atoms with Crippen molar-refractivity contribution in [2.75, 3.05) is 32.8 Å². The van der Waals surface area contributed by atoms with Crippen LogP contribution in [-0.4, -0.2) is 48.6 Å². The summed E-state index contributed by atoms with van der Waals surface area (Å²) in [5, 5.41) is 2.83. The van der Waals surface area contributed by atoms with E-state index in [1.165, 1.54) is 12.3 Å². The Bertz CT molecular complexity index is 675. The number of ether oxygens (including phenoxy) is 1. The van der Waals surface area contributed by atoms with Gasteiger partial charge in [0.1, 0.15) is 0 Å². The zero-order valence-corrected chi connectivity index (χ0v) is 13.3. The monoisotopic (exact) mass is 329 g/mol. The average molecular weight is 329 g/mol. The molecule has 0 spiro atoms. The predicted octanol–water partition coefficient (Wildman–Crippen LogP) is 2.02. The van der Waals surface area contributed by atoms with Crippen LogP contribution in [0.3, 0.4) is 0 Å². The number of morpholine rings is 1. The molecule has 3 rings (SSSR count). The van der Waals surface area contributed by atoms with Gasteiger partial charge >= 0.3 is 0 Å². The summed E-state index contributed by atoms with van der Waals surface area (Å²) in [6.45, 7) is 3.35. The molecule has 0 saturated carbocycles. The lowest BCUT2D eigenvalue weighted by atomic mass is 10.0. The molecule has 0 aliphatic carbocycles. The quantitative estimate of drug-likeness (QED) is 0.853. The fraction of sp³-hybridized carbons (Fsp3) is 0.333. The molecule has 1 aliphatic rings. The van der Waals surface area contributed by atoms with E-state index in [0.717, 1.165) is 18.7 Å². The normalized spacial score (nSPS) is 16.5. The minimum Gasteiger partial charge on any atom is -0.379 e. The van der Waals surface area contributed by atoms with E-state index in [1.807, 2.05) is 30.3 Å². The fourth-order valence-electron chi connectivity index (χ4n) is 2.86. The summed E-state index contributed by atoms with van der Waals surface area (Å²) in [6.07, 6.45) is 1.33. The second kappa shape index (κ2) is 7.99. The topological polar surface area (TPSA) is 54.5 Å². The third-order valence-electron chi connectivity index (χ3n) is 4.13. The highest BCUT2D eigenvalue weighted by atomic mass is 19.1. The Labute approximate surface area is 140 Å². The zero-order chi connectivity index (χ0) is 16.8. The molecule has 1 saturated heterocycles. The van der Waals surface area contributed by atoms with Crippen LogP contribution in [0.1, 0.15) is 22.0 Å². The van der Waals surface area contributed by atoms with Crippen LogP contribution in [0, 0.1) is 5.95 Å². The molecule has 1 aromatic carbocycles. The summed E-state index contributed by atoms with van der Waals surface area (Å²) in [5.74, 6) is -1.20. The van der Waals surface area contributed by atoms with Crippen LogP contribution in [0.5, 0.6) is 0 Å². The van der Waals surface area contributed by atoms with Crippen molar-refractivity contribution < 1.29 is 13.9 Å². The minimum absolute atomic E-state index is 0.0267. The number of hydrogen-bond donors (Lipinski definition) is 1. The average Bonchev–Trinajstić information content (AvgIpc) is 2.64. The van der Waals surface area contributed by atoms with Gasteiger partial charge in [-0.05, 0) is 17.7 Å². The molecule has 5 nitrogen and oxygen atoms in total. The van der Waals surface area contributed by atoms with Crippen molar-refractivity contribution in [3.8, 4) is 0 Å². The van der Waals surface area contributed by atoms with Crippen LogP contribution in [0.25, 0.3) is 0 Å². The molecule has 2 aromatic rings. The van der Waals surface area contributed by atoms with E-state index in [-0.39, 0.29) is 11.6 Å². The highest BCUT2D eigenvalue weighted by Crippen LogP contribution is 2.21. The van der Waals surface area contributed by atoms with Crippen LogP contribution in [0.2, 0.25) is 0 Å². The highest BCUT2D eigenvalue weighted by Gasteiger charge is 2.23. The number of aromatic nitrogens is 1. The fourth-order valence-corrected chi connectivity index (χ4v) is 2.86. The molecule has 1 aromatic heterocycles. The number of halogens is 1. The van der Waals surface area contributed by atoms with Crippen LogP contribution >= 0.6 is 0 Å². The molecule has 24 heavy (non-hydrogen) atoms. The third-order valence-corrected chi connectivity index (χ3v) is 4.13. The standard InChI is InChI=1S/C18H20FN3O2/c19-17-15(7-4-8-20-17)18(23)21-13-16(14-5-2-1-3-6-14)22-9-11-24-12-10-22/h1-8,16H,9-13H2,(H,21,23). The van der Waals surface area contributed by atoms with Gasteiger partial charge in [-0.2, -0.15) is 4.39 Å². The summed E-state index contributed by atoms with van der Waals surface area (Å²) in [5.41, 5.74) is 1.08. The maximum absolute atomic E-state index is 13.6. The Morgan fingerprint density at radius 2 is 1.96 bits per heavy atom. The van der Waals surface area contributed by atoms with Gasteiger partial charge in [-0.15, -0.1) is 0 Å². The molecular weight excluding hydrogens is 309 g/mol. The van der Waals surface area contributed by atoms with Gasteiger partial charge in [0, 0.05) is 25.8 Å². The molecule has 126 valence electrons. The Kier molecular flexibility index (Phi) is 5.51. The van der Waals surface area contributed by atoms with Gasteiger partial charge in [0.2, 0.25) is 5.95 Å². The molecule has 2 heterocycles. The minimum atomic E-state index is -0.752. The van der Waals surface area contributed by atoms with E-state index < -0.39 is 11.9 Å². The second-order valence-corrected chi connectivity index (χ2v) is 5.63. The van der Waals surface area contributed by atoms with Crippen molar-refractivity contribution in [1.29, 1.82) is 0 Å². The first-order valence-electron chi connectivity index (χ1n) is 8.01. The van der Waals surface area contributed by atoms with E-state index in [0.29, 0.717) is 19.8 Å². The first-order valence-corrected chi connectivity index (χ1v) is 8.01. The number of carbonyl (C=O) groups is 1. The number of nitrogens with one attached hydrogen (secondary N) is 1. The maximum atomic E-state index is 13.6. The Morgan fingerprint density at radius 3 is 2.67 bits per heavy atom. The van der Waals surface area contributed by atoms with Crippen LogP contribution < -0.4 is 5.32 Å². The molecule has 6 heteroatoms. The van der Waals surface area contributed by atoms with E-state index in [2.05, 4.69) is 15.2 Å². The van der Waals surface area contributed by atoms with Crippen LogP contribution in [-0.2, 0) is 4.74 Å². The van der Waals surface area contributed by atoms with E-state index >= 15 is 0 Å². The van der Waals surface area contributed by atoms with Crippen molar-refractivity contribution in [2.45, 2.75) is 6.04 Å². The Morgan fingerprint density at radius 1 is 1.21 bits per heavy atom. The summed E-state index contributed by atoms with van der Waals surface area (Å²) in [4.78, 5) is 18.0. The van der Waals surface area contributed by atoms with Crippen molar-refractivity contribution >= 4 is 5.91 Å². The molecule has 1 unspecified atom stereocenters. The molecule has 1 fully saturated rings. The van der Waals surface area contributed by atoms with Crippen molar-refractivity contribution in [2.24, 2.45) is 0 Å². The highest BCUT2D eigenvalue weighted by molar-refractivity contribution is 5.94. The lowest BCUT2D eigenvalue weighted by Crippen LogP contribution is -2.43. The zero-order valence-electron chi connectivity index (χ0n) is 13.3. The van der Waals surface area contributed by atoms with Crippen molar-refractivity contribution in [3.63, 3.8) is 0 Å². The lowest BCUT2D eigenvalue weighted by molar-refractivity contribution is 0.0162. The van der Waals surface area contributed by atoms with Crippen molar-refractivity contribution in [1.82, 2.24) is 15.2 Å². The number of benzene rings is 1. The Balaban J connectivity index is 1.72. The summed E-state index contributed by atoms with van der Waals surface area (Å²) in [7, 11) is 0. The van der Waals surface area contributed by atoms with E-state index in [9.17, 15) is 9.18 Å². The number of nitrogens with zero attached hydrogens (tertiary/aromatic N) is 2. The third kappa shape index (κ3) is 3.96. The van der Waals surface area contributed by atoms with Gasteiger partial charge < -0.3 is 10.1 Å². The maximum Gasteiger partial charge on any atom is 0.255 e. The molecule has 1 amide bonds. The van der Waals surface area contributed by atoms with Gasteiger partial charge in [0.25, 0.3) is 5.91 Å². The van der Waals surface area contributed by atoms with Gasteiger partial charge in [-0.1, -0.05) is 30.3 Å².